The number of nitrogens with zero attached hydrogens (tertiary/aromatic N) is 2. The standard InChI is InChI=1S/C16H24N4S/c1-13(2)12-17-16(21)19-18-11-5-6-14-7-9-15(10-8-14)20(3)4/h5-11,13H,12H2,1-4H3,(H2,17,19,21)/b6-5-,18-11-. The van der Waals surface area contributed by atoms with Gasteiger partial charge in [-0.05, 0) is 41.9 Å². The van der Waals surface area contributed by atoms with Crippen LogP contribution in [0, 0.1) is 5.92 Å². The van der Waals surface area contributed by atoms with Crippen molar-refractivity contribution in [3.63, 3.8) is 0 Å². The molecule has 0 spiro atoms. The molecule has 0 saturated carbocycles. The Morgan fingerprint density at radius 2 is 1.95 bits per heavy atom. The first-order valence-corrected chi connectivity index (χ1v) is 7.41. The Morgan fingerprint density at radius 3 is 2.52 bits per heavy atom. The lowest BCUT2D eigenvalue weighted by atomic mass is 10.2. The molecule has 0 aliphatic rings. The zero-order valence-corrected chi connectivity index (χ0v) is 13.9. The van der Waals surface area contributed by atoms with Crippen LogP contribution < -0.4 is 15.6 Å². The normalized spacial score (nSPS) is 11.3. The average molecular weight is 304 g/mol. The van der Waals surface area contributed by atoms with Gasteiger partial charge >= 0.3 is 0 Å². The van der Waals surface area contributed by atoms with E-state index in [2.05, 4.69) is 58.9 Å². The molecule has 0 aromatic heterocycles. The SMILES string of the molecule is CC(C)CNC(=S)N/N=C\C=C/c1ccc(N(C)C)cc1. The molecule has 0 unspecified atom stereocenters. The van der Waals surface area contributed by atoms with Crippen LogP contribution in [0.3, 0.4) is 0 Å². The highest BCUT2D eigenvalue weighted by atomic mass is 32.1. The van der Waals surface area contributed by atoms with Crippen molar-refractivity contribution in [3.8, 4) is 0 Å². The minimum absolute atomic E-state index is 0.545. The molecule has 114 valence electrons. The van der Waals surface area contributed by atoms with E-state index in [0.29, 0.717) is 11.0 Å². The van der Waals surface area contributed by atoms with Crippen LogP contribution in [0.25, 0.3) is 6.08 Å². The summed E-state index contributed by atoms with van der Waals surface area (Å²) >= 11 is 5.09. The molecule has 0 heterocycles. The van der Waals surface area contributed by atoms with Gasteiger partial charge in [0.15, 0.2) is 5.11 Å². The molecule has 0 atom stereocenters. The highest BCUT2D eigenvalue weighted by Gasteiger charge is 1.95. The summed E-state index contributed by atoms with van der Waals surface area (Å²) in [6.45, 7) is 5.10. The second-order valence-corrected chi connectivity index (χ2v) is 5.75. The molecule has 2 N–H and O–H groups in total. The lowest BCUT2D eigenvalue weighted by Crippen LogP contribution is -2.34. The smallest absolute Gasteiger partial charge is 0.186 e. The summed E-state index contributed by atoms with van der Waals surface area (Å²) in [6, 6.07) is 8.31. The third-order valence-corrected chi connectivity index (χ3v) is 2.93. The molecule has 0 aliphatic heterocycles. The Kier molecular flexibility index (Phi) is 7.46. The first kappa shape index (κ1) is 17.2. The van der Waals surface area contributed by atoms with Gasteiger partial charge in [0, 0.05) is 32.5 Å². The molecule has 21 heavy (non-hydrogen) atoms. The van der Waals surface area contributed by atoms with Crippen LogP contribution in [0.1, 0.15) is 19.4 Å². The van der Waals surface area contributed by atoms with Crippen LogP contribution in [-0.2, 0) is 0 Å². The van der Waals surface area contributed by atoms with Crippen molar-refractivity contribution < 1.29 is 0 Å². The third kappa shape index (κ3) is 7.46. The summed E-state index contributed by atoms with van der Waals surface area (Å²) in [7, 11) is 4.05. The number of rotatable bonds is 6. The van der Waals surface area contributed by atoms with Crippen molar-refractivity contribution in [2.45, 2.75) is 13.8 Å². The fraction of sp³-hybridized carbons (Fsp3) is 0.375. The molecule has 0 aliphatic carbocycles. The van der Waals surface area contributed by atoms with E-state index in [0.717, 1.165) is 12.1 Å². The number of hydrogen-bond donors (Lipinski definition) is 2. The molecule has 0 bridgehead atoms. The van der Waals surface area contributed by atoms with E-state index in [9.17, 15) is 0 Å². The molecule has 1 rings (SSSR count). The second-order valence-electron chi connectivity index (χ2n) is 5.34. The molecule has 4 nitrogen and oxygen atoms in total. The van der Waals surface area contributed by atoms with Crippen molar-refractivity contribution in [1.29, 1.82) is 0 Å². The Labute approximate surface area is 132 Å². The maximum atomic E-state index is 5.09. The average Bonchev–Trinajstić information content (AvgIpc) is 2.45. The Bertz CT molecular complexity index is 490. The van der Waals surface area contributed by atoms with Crippen LogP contribution in [0.2, 0.25) is 0 Å². The summed E-state index contributed by atoms with van der Waals surface area (Å²) < 4.78 is 0. The maximum absolute atomic E-state index is 5.09. The highest BCUT2D eigenvalue weighted by molar-refractivity contribution is 7.80. The van der Waals surface area contributed by atoms with E-state index in [4.69, 9.17) is 12.2 Å². The monoisotopic (exact) mass is 304 g/mol. The molecule has 1 aromatic rings. The van der Waals surface area contributed by atoms with Gasteiger partial charge in [0.25, 0.3) is 0 Å². The summed E-state index contributed by atoms with van der Waals surface area (Å²) in [5, 5.41) is 7.67. The van der Waals surface area contributed by atoms with E-state index in [1.165, 1.54) is 5.69 Å². The largest absolute Gasteiger partial charge is 0.378 e. The van der Waals surface area contributed by atoms with Gasteiger partial charge in [0.2, 0.25) is 0 Å². The molecule has 5 heteroatoms. The summed E-state index contributed by atoms with van der Waals surface area (Å²) in [5.41, 5.74) is 5.10. The third-order valence-electron chi connectivity index (χ3n) is 2.70. The minimum Gasteiger partial charge on any atom is -0.378 e. The van der Waals surface area contributed by atoms with Crippen LogP contribution in [-0.4, -0.2) is 32.0 Å². The first-order chi connectivity index (χ1) is 9.99. The van der Waals surface area contributed by atoms with E-state index >= 15 is 0 Å². The number of hydrogen-bond acceptors (Lipinski definition) is 3. The quantitative estimate of drug-likeness (QED) is 0.482. The van der Waals surface area contributed by atoms with E-state index in [1.54, 1.807) is 6.21 Å². The zero-order valence-electron chi connectivity index (χ0n) is 13.1. The topological polar surface area (TPSA) is 39.7 Å². The van der Waals surface area contributed by atoms with E-state index < -0.39 is 0 Å². The summed E-state index contributed by atoms with van der Waals surface area (Å²) in [5.74, 6) is 0.554. The Morgan fingerprint density at radius 1 is 1.29 bits per heavy atom. The molecule has 1 aromatic carbocycles. The van der Waals surface area contributed by atoms with Crippen LogP contribution in [0.5, 0.6) is 0 Å². The molecule has 0 amide bonds. The van der Waals surface area contributed by atoms with Gasteiger partial charge in [-0.1, -0.05) is 32.1 Å². The summed E-state index contributed by atoms with van der Waals surface area (Å²) in [4.78, 5) is 2.07. The molecular weight excluding hydrogens is 280 g/mol. The Hall–Kier alpha value is -1.88. The van der Waals surface area contributed by atoms with Gasteiger partial charge < -0.3 is 10.2 Å². The number of anilines is 1. The fourth-order valence-corrected chi connectivity index (χ4v) is 1.65. The predicted molar refractivity (Wildman–Crippen MR) is 96.9 cm³/mol. The van der Waals surface area contributed by atoms with E-state index in [1.807, 2.05) is 26.2 Å². The van der Waals surface area contributed by atoms with Crippen molar-refractivity contribution >= 4 is 35.3 Å². The Balaban J connectivity index is 2.36. The molecule has 0 fully saturated rings. The number of thiocarbonyl (C=S) groups is 1. The number of hydrazone groups is 1. The highest BCUT2D eigenvalue weighted by Crippen LogP contribution is 2.12. The van der Waals surface area contributed by atoms with Gasteiger partial charge in [0.1, 0.15) is 0 Å². The summed E-state index contributed by atoms with van der Waals surface area (Å²) in [6.07, 6.45) is 5.56. The van der Waals surface area contributed by atoms with Crippen LogP contribution >= 0.6 is 12.2 Å². The first-order valence-electron chi connectivity index (χ1n) is 7.00. The van der Waals surface area contributed by atoms with Crippen molar-refractivity contribution in [2.24, 2.45) is 11.0 Å². The van der Waals surface area contributed by atoms with Crippen molar-refractivity contribution in [3.05, 3.63) is 35.9 Å². The second kappa shape index (κ2) is 9.13. The van der Waals surface area contributed by atoms with Gasteiger partial charge in [-0.15, -0.1) is 0 Å². The maximum Gasteiger partial charge on any atom is 0.186 e. The minimum atomic E-state index is 0.545. The van der Waals surface area contributed by atoms with Crippen LogP contribution in [0.15, 0.2) is 35.4 Å². The lowest BCUT2D eigenvalue weighted by molar-refractivity contribution is 0.621. The molecule has 0 radical (unpaired) electrons. The number of benzene rings is 1. The van der Waals surface area contributed by atoms with Gasteiger partial charge in [-0.2, -0.15) is 5.10 Å². The fourth-order valence-electron chi connectivity index (χ4n) is 1.51. The predicted octanol–water partition coefficient (Wildman–Crippen LogP) is 2.87. The van der Waals surface area contributed by atoms with Crippen molar-refractivity contribution in [1.82, 2.24) is 10.7 Å². The molecular formula is C16H24N4S. The zero-order chi connectivity index (χ0) is 15.7. The van der Waals surface area contributed by atoms with E-state index in [-0.39, 0.29) is 0 Å². The number of nitrogens with one attached hydrogen (secondary N) is 2. The van der Waals surface area contributed by atoms with Gasteiger partial charge in [-0.3, -0.25) is 5.43 Å². The molecule has 0 saturated heterocycles. The van der Waals surface area contributed by atoms with Gasteiger partial charge in [-0.25, -0.2) is 0 Å². The number of allylic oxidation sites excluding steroid dienone is 1. The lowest BCUT2D eigenvalue weighted by Gasteiger charge is -2.11. The van der Waals surface area contributed by atoms with Crippen LogP contribution in [0.4, 0.5) is 5.69 Å². The van der Waals surface area contributed by atoms with Crippen molar-refractivity contribution in [2.75, 3.05) is 25.5 Å². The van der Waals surface area contributed by atoms with Gasteiger partial charge in [0.05, 0.1) is 0 Å².